The number of carboxylic acids is 1. The van der Waals surface area contributed by atoms with Gasteiger partial charge in [0.25, 0.3) is 0 Å². The predicted molar refractivity (Wildman–Crippen MR) is 41.5 cm³/mol. The van der Waals surface area contributed by atoms with Crippen molar-refractivity contribution < 1.29 is 9.90 Å². The van der Waals surface area contributed by atoms with Crippen LogP contribution in [0.1, 0.15) is 6.92 Å². The van der Waals surface area contributed by atoms with Gasteiger partial charge in [0, 0.05) is 4.91 Å². The van der Waals surface area contributed by atoms with Crippen molar-refractivity contribution in [2.45, 2.75) is 19.0 Å². The molecule has 3 N–H and O–H groups in total. The molecule has 0 aromatic carbocycles. The monoisotopic (exact) mass is 180 g/mol. The van der Waals surface area contributed by atoms with Crippen LogP contribution in [0.3, 0.4) is 0 Å². The molecule has 2 atom stereocenters. The topological polar surface area (TPSA) is 112 Å². The summed E-state index contributed by atoms with van der Waals surface area (Å²) >= 11 is 0. The van der Waals surface area contributed by atoms with Crippen LogP contribution in [0.2, 0.25) is 0 Å². The van der Waals surface area contributed by atoms with Crippen molar-refractivity contribution in [2.24, 2.45) is 10.8 Å². The number of rotatable bonds is 3. The first-order chi connectivity index (χ1) is 4.59. The maximum absolute atomic E-state index is 10.1. The molecule has 0 amide bonds. The Labute approximate surface area is 69.4 Å². The highest BCUT2D eigenvalue weighted by Crippen LogP contribution is 1.94. The summed E-state index contributed by atoms with van der Waals surface area (Å²) in [6, 6.07) is -1.82. The lowest BCUT2D eigenvalue weighted by Crippen LogP contribution is -2.38. The van der Waals surface area contributed by atoms with Crippen LogP contribution in [-0.4, -0.2) is 23.2 Å². The smallest absolute Gasteiger partial charge is 0.320 e. The molecule has 0 aliphatic rings. The lowest BCUT2D eigenvalue weighted by atomic mass is 10.2. The van der Waals surface area contributed by atoms with Crippen molar-refractivity contribution in [3.63, 3.8) is 0 Å². The van der Waals surface area contributed by atoms with E-state index in [9.17, 15) is 4.79 Å². The van der Waals surface area contributed by atoms with Crippen molar-refractivity contribution in [1.82, 2.24) is 0 Å². The quantitative estimate of drug-likeness (QED) is 0.375. The third-order valence-electron chi connectivity index (χ3n) is 1.04. The standard InChI is InChI=1S/C4H8N4O2.ClH/c1-2(7-8-6)3(5)4(9)10;/h2-3H,5H2,1H3,(H,9,10);1H/t2-,3+;/m1./s1. The van der Waals surface area contributed by atoms with Crippen LogP contribution in [0.4, 0.5) is 0 Å². The van der Waals surface area contributed by atoms with Gasteiger partial charge in [-0.2, -0.15) is 0 Å². The molecule has 0 spiro atoms. The minimum Gasteiger partial charge on any atom is -0.480 e. The van der Waals surface area contributed by atoms with E-state index in [1.807, 2.05) is 0 Å². The second kappa shape index (κ2) is 5.79. The van der Waals surface area contributed by atoms with E-state index in [2.05, 4.69) is 10.0 Å². The Morgan fingerprint density at radius 3 is 2.55 bits per heavy atom. The van der Waals surface area contributed by atoms with E-state index < -0.39 is 18.1 Å². The van der Waals surface area contributed by atoms with Crippen LogP contribution in [0.15, 0.2) is 5.11 Å². The molecule has 0 heterocycles. The summed E-state index contributed by atoms with van der Waals surface area (Å²) in [5.41, 5.74) is 13.0. The molecule has 64 valence electrons. The van der Waals surface area contributed by atoms with E-state index in [0.717, 1.165) is 0 Å². The van der Waals surface area contributed by atoms with E-state index in [4.69, 9.17) is 16.4 Å². The highest BCUT2D eigenvalue weighted by molar-refractivity contribution is 5.85. The Balaban J connectivity index is 0. The van der Waals surface area contributed by atoms with Crippen LogP contribution in [0.5, 0.6) is 0 Å². The molecule has 0 aromatic rings. The number of hydrogen-bond donors (Lipinski definition) is 2. The van der Waals surface area contributed by atoms with Gasteiger partial charge in [-0.1, -0.05) is 12.0 Å². The lowest BCUT2D eigenvalue weighted by molar-refractivity contribution is -0.138. The first kappa shape index (κ1) is 12.7. The zero-order chi connectivity index (χ0) is 8.15. The summed E-state index contributed by atoms with van der Waals surface area (Å²) in [7, 11) is 0. The van der Waals surface area contributed by atoms with Gasteiger partial charge in [0.15, 0.2) is 0 Å². The predicted octanol–water partition coefficient (Wildman–Crippen LogP) is 0.519. The van der Waals surface area contributed by atoms with Crippen LogP contribution < -0.4 is 5.73 Å². The van der Waals surface area contributed by atoms with E-state index >= 15 is 0 Å². The summed E-state index contributed by atoms with van der Waals surface area (Å²) < 4.78 is 0. The van der Waals surface area contributed by atoms with E-state index in [-0.39, 0.29) is 12.4 Å². The SMILES string of the molecule is C[C@@H](N=[N+]=[N-])[C@H](N)C(=O)O.Cl. The molecule has 0 aliphatic carbocycles. The second-order valence-electron chi connectivity index (χ2n) is 1.81. The van der Waals surface area contributed by atoms with Crippen LogP contribution in [0.25, 0.3) is 10.4 Å². The van der Waals surface area contributed by atoms with Crippen molar-refractivity contribution in [1.29, 1.82) is 0 Å². The lowest BCUT2D eigenvalue weighted by Gasteiger charge is -2.07. The van der Waals surface area contributed by atoms with Gasteiger partial charge in [0.1, 0.15) is 6.04 Å². The average Bonchev–Trinajstić information content (AvgIpc) is 1.87. The van der Waals surface area contributed by atoms with Crippen LogP contribution in [-0.2, 0) is 4.79 Å². The number of carboxylic acid groups (broad SMARTS) is 1. The molecule has 0 radical (unpaired) electrons. The largest absolute Gasteiger partial charge is 0.480 e. The van der Waals surface area contributed by atoms with Crippen molar-refractivity contribution in [2.75, 3.05) is 0 Å². The molecular weight excluding hydrogens is 172 g/mol. The Hall–Kier alpha value is -0.970. The van der Waals surface area contributed by atoms with Crippen molar-refractivity contribution in [3.8, 4) is 0 Å². The molecule has 7 heteroatoms. The van der Waals surface area contributed by atoms with Gasteiger partial charge in [-0.25, -0.2) is 0 Å². The van der Waals surface area contributed by atoms with Gasteiger partial charge in [0.05, 0.1) is 6.04 Å². The minimum absolute atomic E-state index is 0. The second-order valence-corrected chi connectivity index (χ2v) is 1.81. The Kier molecular flexibility index (Phi) is 6.67. The number of aliphatic carboxylic acids is 1. The summed E-state index contributed by atoms with van der Waals surface area (Å²) in [6.07, 6.45) is 0. The summed E-state index contributed by atoms with van der Waals surface area (Å²) in [6.45, 7) is 1.44. The van der Waals surface area contributed by atoms with Gasteiger partial charge >= 0.3 is 5.97 Å². The fraction of sp³-hybridized carbons (Fsp3) is 0.750. The van der Waals surface area contributed by atoms with Gasteiger partial charge < -0.3 is 10.8 Å². The Morgan fingerprint density at radius 2 is 2.27 bits per heavy atom. The molecule has 0 unspecified atom stereocenters. The number of azide groups is 1. The maximum atomic E-state index is 10.1. The van der Waals surface area contributed by atoms with Gasteiger partial charge in [0.2, 0.25) is 0 Å². The number of halogens is 1. The highest BCUT2D eigenvalue weighted by Gasteiger charge is 2.17. The summed E-state index contributed by atoms with van der Waals surface area (Å²) in [5, 5.41) is 11.4. The number of carbonyl (C=O) groups is 1. The zero-order valence-electron chi connectivity index (χ0n) is 5.84. The van der Waals surface area contributed by atoms with Crippen LogP contribution >= 0.6 is 12.4 Å². The number of hydrogen-bond acceptors (Lipinski definition) is 3. The Morgan fingerprint density at radius 1 is 1.82 bits per heavy atom. The molecule has 0 aliphatic heterocycles. The molecule has 0 aromatic heterocycles. The molecule has 0 bridgehead atoms. The molecule has 0 saturated carbocycles. The van der Waals surface area contributed by atoms with Gasteiger partial charge in [-0.05, 0) is 5.53 Å². The van der Waals surface area contributed by atoms with Crippen molar-refractivity contribution >= 4 is 18.4 Å². The number of nitrogens with two attached hydrogens (primary N) is 1. The summed E-state index contributed by atoms with van der Waals surface area (Å²) in [4.78, 5) is 12.5. The summed E-state index contributed by atoms with van der Waals surface area (Å²) in [5.74, 6) is -1.17. The van der Waals surface area contributed by atoms with E-state index in [1.54, 1.807) is 0 Å². The van der Waals surface area contributed by atoms with Crippen molar-refractivity contribution in [3.05, 3.63) is 10.4 Å². The normalized spacial score (nSPS) is 13.6. The Bertz CT molecular complexity index is 173. The highest BCUT2D eigenvalue weighted by atomic mass is 35.5. The van der Waals surface area contributed by atoms with Crippen LogP contribution in [0, 0.1) is 0 Å². The molecular formula is C4H9ClN4O2. The van der Waals surface area contributed by atoms with Gasteiger partial charge in [-0.3, -0.25) is 4.79 Å². The molecule has 0 fully saturated rings. The first-order valence-corrected chi connectivity index (χ1v) is 2.62. The number of nitrogens with zero attached hydrogens (tertiary/aromatic N) is 3. The molecule has 6 nitrogen and oxygen atoms in total. The zero-order valence-corrected chi connectivity index (χ0v) is 6.65. The third-order valence-corrected chi connectivity index (χ3v) is 1.04. The molecule has 11 heavy (non-hydrogen) atoms. The average molecular weight is 181 g/mol. The molecule has 0 rings (SSSR count). The van der Waals surface area contributed by atoms with Gasteiger partial charge in [-0.15, -0.1) is 12.4 Å². The first-order valence-electron chi connectivity index (χ1n) is 2.62. The fourth-order valence-electron chi connectivity index (χ4n) is 0.360. The van der Waals surface area contributed by atoms with E-state index in [1.165, 1.54) is 6.92 Å². The molecule has 0 saturated heterocycles. The third kappa shape index (κ3) is 4.44. The fourth-order valence-corrected chi connectivity index (χ4v) is 0.360. The van der Waals surface area contributed by atoms with E-state index in [0.29, 0.717) is 0 Å². The minimum atomic E-state index is -1.17. The maximum Gasteiger partial charge on any atom is 0.320 e.